The molecule has 0 saturated carbocycles. The molecule has 0 rings (SSSR count). The summed E-state index contributed by atoms with van der Waals surface area (Å²) in [6.07, 6.45) is 0.910. The first-order valence-electron chi connectivity index (χ1n) is 3.10. The van der Waals surface area contributed by atoms with Crippen molar-refractivity contribution >= 4 is 25.3 Å². The van der Waals surface area contributed by atoms with Gasteiger partial charge in [0.25, 0.3) is 0 Å². The highest BCUT2D eigenvalue weighted by Gasteiger charge is 2.14. The molecule has 0 spiro atoms. The van der Waals surface area contributed by atoms with Crippen molar-refractivity contribution in [3.8, 4) is 0 Å². The second kappa shape index (κ2) is 6.34. The minimum Gasteiger partial charge on any atom is -0.378 e. The van der Waals surface area contributed by atoms with Crippen LogP contribution in [-0.4, -0.2) is 31.5 Å². The maximum atomic E-state index is 5.09. The summed E-state index contributed by atoms with van der Waals surface area (Å²) in [4.78, 5) is 0. The predicted octanol–water partition coefficient (Wildman–Crippen LogP) is 1.22. The summed E-state index contributed by atoms with van der Waals surface area (Å²) in [5, 5.41) is 0. The maximum Gasteiger partial charge on any atom is 0.126 e. The average molecular weight is 182 g/mol. The molecule has 0 amide bonds. The van der Waals surface area contributed by atoms with Gasteiger partial charge >= 0.3 is 0 Å². The summed E-state index contributed by atoms with van der Waals surface area (Å²) in [6, 6.07) is 0. The van der Waals surface area contributed by atoms with E-state index in [0.717, 1.165) is 12.2 Å². The smallest absolute Gasteiger partial charge is 0.126 e. The van der Waals surface area contributed by atoms with Gasteiger partial charge in [-0.2, -0.15) is 12.6 Å². The van der Waals surface area contributed by atoms with E-state index in [-0.39, 0.29) is 11.5 Å². The number of ether oxygens (including phenoxy) is 2. The normalized spacial score (nSPS) is 16.8. The summed E-state index contributed by atoms with van der Waals surface area (Å²) in [7, 11) is 3.26. The van der Waals surface area contributed by atoms with Crippen LogP contribution in [0.25, 0.3) is 0 Å². The Morgan fingerprint density at radius 3 is 2.20 bits per heavy atom. The third kappa shape index (κ3) is 3.71. The van der Waals surface area contributed by atoms with Gasteiger partial charge in [0.05, 0.1) is 6.10 Å². The van der Waals surface area contributed by atoms with Gasteiger partial charge in [0.1, 0.15) is 5.44 Å². The van der Waals surface area contributed by atoms with Crippen LogP contribution in [0.5, 0.6) is 0 Å². The maximum absolute atomic E-state index is 5.09. The zero-order valence-corrected chi connectivity index (χ0v) is 8.07. The van der Waals surface area contributed by atoms with Crippen LogP contribution in [0.1, 0.15) is 6.42 Å². The zero-order chi connectivity index (χ0) is 7.98. The van der Waals surface area contributed by atoms with E-state index in [1.807, 2.05) is 0 Å². The number of methoxy groups -OCH3 is 2. The SMILES string of the molecule is COC(S)C(CCS)OC. The quantitative estimate of drug-likeness (QED) is 0.492. The fourth-order valence-corrected chi connectivity index (χ4v) is 1.18. The van der Waals surface area contributed by atoms with Crippen LogP contribution in [-0.2, 0) is 9.47 Å². The molecule has 0 fully saturated rings. The minimum absolute atomic E-state index is 0.0471. The van der Waals surface area contributed by atoms with E-state index in [1.165, 1.54) is 0 Å². The van der Waals surface area contributed by atoms with Crippen LogP contribution in [0.3, 0.4) is 0 Å². The molecular weight excluding hydrogens is 168 g/mol. The molecular formula is C6H14O2S2. The lowest BCUT2D eigenvalue weighted by molar-refractivity contribution is 0.00959. The van der Waals surface area contributed by atoms with E-state index < -0.39 is 0 Å². The molecule has 2 nitrogen and oxygen atoms in total. The molecule has 0 aromatic rings. The average Bonchev–Trinajstić information content (AvgIpc) is 1.99. The van der Waals surface area contributed by atoms with Crippen molar-refractivity contribution in [2.45, 2.75) is 18.0 Å². The van der Waals surface area contributed by atoms with E-state index >= 15 is 0 Å². The Kier molecular flexibility index (Phi) is 6.73. The first kappa shape index (κ1) is 10.6. The lowest BCUT2D eigenvalue weighted by Gasteiger charge is -2.19. The van der Waals surface area contributed by atoms with Crippen molar-refractivity contribution in [1.29, 1.82) is 0 Å². The summed E-state index contributed by atoms with van der Waals surface area (Å²) >= 11 is 8.24. The number of thiol groups is 2. The largest absolute Gasteiger partial charge is 0.378 e. The molecule has 0 N–H and O–H groups in total. The van der Waals surface area contributed by atoms with Gasteiger partial charge in [-0.05, 0) is 12.2 Å². The van der Waals surface area contributed by atoms with Crippen LogP contribution < -0.4 is 0 Å². The highest BCUT2D eigenvalue weighted by molar-refractivity contribution is 7.81. The summed E-state index contributed by atoms with van der Waals surface area (Å²) in [6.45, 7) is 0. The van der Waals surface area contributed by atoms with E-state index in [2.05, 4.69) is 25.3 Å². The molecule has 2 unspecified atom stereocenters. The van der Waals surface area contributed by atoms with Gasteiger partial charge < -0.3 is 9.47 Å². The van der Waals surface area contributed by atoms with Gasteiger partial charge in [-0.25, -0.2) is 0 Å². The lowest BCUT2D eigenvalue weighted by Crippen LogP contribution is -2.25. The molecule has 10 heavy (non-hydrogen) atoms. The number of hydrogen-bond acceptors (Lipinski definition) is 4. The van der Waals surface area contributed by atoms with Crippen LogP contribution in [0.4, 0.5) is 0 Å². The molecule has 0 radical (unpaired) electrons. The molecule has 0 aromatic heterocycles. The van der Waals surface area contributed by atoms with Gasteiger partial charge in [-0.3, -0.25) is 0 Å². The van der Waals surface area contributed by atoms with E-state index in [0.29, 0.717) is 0 Å². The van der Waals surface area contributed by atoms with Crippen LogP contribution in [0.15, 0.2) is 0 Å². The second-order valence-corrected chi connectivity index (χ2v) is 2.87. The van der Waals surface area contributed by atoms with Crippen LogP contribution in [0.2, 0.25) is 0 Å². The molecule has 2 atom stereocenters. The van der Waals surface area contributed by atoms with Gasteiger partial charge in [0.2, 0.25) is 0 Å². The molecule has 0 heterocycles. The molecule has 0 saturated heterocycles. The van der Waals surface area contributed by atoms with Crippen molar-refractivity contribution in [3.05, 3.63) is 0 Å². The highest BCUT2D eigenvalue weighted by atomic mass is 32.1. The fourth-order valence-electron chi connectivity index (χ4n) is 0.656. The Morgan fingerprint density at radius 2 is 1.90 bits per heavy atom. The van der Waals surface area contributed by atoms with E-state index in [4.69, 9.17) is 9.47 Å². The Balaban J connectivity index is 3.56. The standard InChI is InChI=1S/C6H14O2S2/c1-7-5(3-4-9)6(10)8-2/h5-6,9-10H,3-4H2,1-2H3. The van der Waals surface area contributed by atoms with Crippen molar-refractivity contribution in [1.82, 2.24) is 0 Å². The monoisotopic (exact) mass is 182 g/mol. The number of hydrogen-bond donors (Lipinski definition) is 2. The summed E-state index contributed by atoms with van der Waals surface area (Å²) in [5.41, 5.74) is -0.142. The Morgan fingerprint density at radius 1 is 1.30 bits per heavy atom. The van der Waals surface area contributed by atoms with Crippen molar-refractivity contribution in [3.63, 3.8) is 0 Å². The molecule has 62 valence electrons. The third-order valence-corrected chi connectivity index (χ3v) is 2.08. The fraction of sp³-hybridized carbons (Fsp3) is 1.00. The molecule has 0 aliphatic rings. The van der Waals surface area contributed by atoms with Crippen molar-refractivity contribution < 1.29 is 9.47 Å². The van der Waals surface area contributed by atoms with Crippen LogP contribution >= 0.6 is 25.3 Å². The Labute approximate surface area is 73.1 Å². The molecule has 0 aliphatic carbocycles. The van der Waals surface area contributed by atoms with Gasteiger partial charge in [-0.1, -0.05) is 0 Å². The first-order valence-corrected chi connectivity index (χ1v) is 4.25. The molecule has 0 aliphatic heterocycles. The highest BCUT2D eigenvalue weighted by Crippen LogP contribution is 2.10. The van der Waals surface area contributed by atoms with Crippen LogP contribution in [0, 0.1) is 0 Å². The Bertz CT molecular complexity index is 80.1. The van der Waals surface area contributed by atoms with Gasteiger partial charge in [-0.15, -0.1) is 12.6 Å². The van der Waals surface area contributed by atoms with Crippen molar-refractivity contribution in [2.75, 3.05) is 20.0 Å². The summed E-state index contributed by atoms with van der Waals surface area (Å²) in [5.74, 6) is 0.791. The molecule has 4 heteroatoms. The van der Waals surface area contributed by atoms with E-state index in [1.54, 1.807) is 14.2 Å². The van der Waals surface area contributed by atoms with Crippen molar-refractivity contribution in [2.24, 2.45) is 0 Å². The summed E-state index contributed by atoms with van der Waals surface area (Å²) < 4.78 is 10.1. The van der Waals surface area contributed by atoms with Gasteiger partial charge in [0, 0.05) is 14.2 Å². The number of rotatable bonds is 5. The molecule has 0 bridgehead atoms. The zero-order valence-electron chi connectivity index (χ0n) is 6.28. The third-order valence-electron chi connectivity index (χ3n) is 1.28. The second-order valence-electron chi connectivity index (χ2n) is 1.91. The predicted molar refractivity (Wildman–Crippen MR) is 49.1 cm³/mol. The first-order chi connectivity index (χ1) is 4.76. The molecule has 0 aromatic carbocycles. The minimum atomic E-state index is -0.142. The van der Waals surface area contributed by atoms with E-state index in [9.17, 15) is 0 Å². The topological polar surface area (TPSA) is 18.5 Å². The van der Waals surface area contributed by atoms with Gasteiger partial charge in [0.15, 0.2) is 0 Å². The Hall–Kier alpha value is 0.620. The lowest BCUT2D eigenvalue weighted by atomic mass is 10.3.